The average Bonchev–Trinajstić information content (AvgIpc) is 2.93. The van der Waals surface area contributed by atoms with Crippen molar-refractivity contribution in [1.29, 1.82) is 0 Å². The Hall–Kier alpha value is -1.87. The van der Waals surface area contributed by atoms with E-state index in [0.29, 0.717) is 22.5 Å². The molecule has 1 amide bonds. The third kappa shape index (κ3) is 4.35. The molecule has 1 N–H and O–H groups in total. The van der Waals surface area contributed by atoms with E-state index < -0.39 is 15.1 Å². The van der Waals surface area contributed by atoms with Crippen molar-refractivity contribution in [3.8, 4) is 0 Å². The number of para-hydroxylation sites is 1. The van der Waals surface area contributed by atoms with Gasteiger partial charge in [-0.05, 0) is 39.3 Å². The first-order chi connectivity index (χ1) is 12.7. The summed E-state index contributed by atoms with van der Waals surface area (Å²) in [5.41, 5.74) is 0.462. The van der Waals surface area contributed by atoms with E-state index in [0.717, 1.165) is 0 Å². The Kier molecular flexibility index (Phi) is 5.62. The quantitative estimate of drug-likeness (QED) is 0.597. The minimum absolute atomic E-state index is 0.0128. The fourth-order valence-electron chi connectivity index (χ4n) is 3.10. The van der Waals surface area contributed by atoms with E-state index in [1.54, 1.807) is 29.7 Å². The van der Waals surface area contributed by atoms with Gasteiger partial charge >= 0.3 is 0 Å². The molecule has 7 nitrogen and oxygen atoms in total. The maximum atomic E-state index is 12.8. The maximum Gasteiger partial charge on any atom is 0.262 e. The van der Waals surface area contributed by atoms with Crippen molar-refractivity contribution in [2.24, 2.45) is 0 Å². The standard InChI is InChI=1S/C18H23N3O4S2/c1-11(2)21-17(23)14-6-4-5-7-15(14)20-18(21)26-12(3)16(22)19-13-8-9-27(24,25)10-13/h4-7,11-13H,8-10H2,1-3H3,(H,19,22)/t12-,13-/m1/s1. The lowest BCUT2D eigenvalue weighted by Gasteiger charge is -2.19. The van der Waals surface area contributed by atoms with Gasteiger partial charge in [0.25, 0.3) is 5.56 Å². The molecule has 0 spiro atoms. The molecule has 2 atom stereocenters. The molecule has 1 fully saturated rings. The molecule has 2 aromatic rings. The lowest BCUT2D eigenvalue weighted by molar-refractivity contribution is -0.120. The molecule has 0 radical (unpaired) electrons. The van der Waals surface area contributed by atoms with Crippen LogP contribution in [0.5, 0.6) is 0 Å². The van der Waals surface area contributed by atoms with Crippen molar-refractivity contribution >= 4 is 38.4 Å². The number of carbonyl (C=O) groups excluding carboxylic acids is 1. The van der Waals surface area contributed by atoms with Gasteiger partial charge in [-0.2, -0.15) is 0 Å². The lowest BCUT2D eigenvalue weighted by atomic mass is 10.2. The molecule has 1 aromatic carbocycles. The topological polar surface area (TPSA) is 98.1 Å². The van der Waals surface area contributed by atoms with Gasteiger partial charge < -0.3 is 5.32 Å². The van der Waals surface area contributed by atoms with Crippen molar-refractivity contribution in [3.63, 3.8) is 0 Å². The summed E-state index contributed by atoms with van der Waals surface area (Å²) in [4.78, 5) is 29.9. The highest BCUT2D eigenvalue weighted by atomic mass is 32.2. The number of aromatic nitrogens is 2. The van der Waals surface area contributed by atoms with E-state index in [4.69, 9.17) is 0 Å². The number of rotatable bonds is 5. The number of benzene rings is 1. The monoisotopic (exact) mass is 409 g/mol. The van der Waals surface area contributed by atoms with Crippen molar-refractivity contribution in [1.82, 2.24) is 14.9 Å². The van der Waals surface area contributed by atoms with Crippen molar-refractivity contribution < 1.29 is 13.2 Å². The molecular weight excluding hydrogens is 386 g/mol. The summed E-state index contributed by atoms with van der Waals surface area (Å²) in [5.74, 6) is -0.153. The largest absolute Gasteiger partial charge is 0.351 e. The summed E-state index contributed by atoms with van der Waals surface area (Å²) in [7, 11) is -3.05. The predicted octanol–water partition coefficient (Wildman–Crippen LogP) is 1.76. The fourth-order valence-corrected chi connectivity index (χ4v) is 5.83. The van der Waals surface area contributed by atoms with Gasteiger partial charge in [0.2, 0.25) is 5.91 Å². The normalized spacial score (nSPS) is 20.1. The van der Waals surface area contributed by atoms with Crippen LogP contribution in [0.15, 0.2) is 34.2 Å². The summed E-state index contributed by atoms with van der Waals surface area (Å²) < 4.78 is 24.7. The molecule has 1 aliphatic heterocycles. The average molecular weight is 410 g/mol. The number of sulfone groups is 1. The first-order valence-electron chi connectivity index (χ1n) is 8.86. The minimum Gasteiger partial charge on any atom is -0.351 e. The van der Waals surface area contributed by atoms with Gasteiger partial charge in [-0.1, -0.05) is 23.9 Å². The zero-order valence-corrected chi connectivity index (χ0v) is 17.1. The minimum atomic E-state index is -3.05. The summed E-state index contributed by atoms with van der Waals surface area (Å²) >= 11 is 1.21. The van der Waals surface area contributed by atoms with Crippen LogP contribution in [-0.4, -0.2) is 46.7 Å². The molecule has 2 heterocycles. The van der Waals surface area contributed by atoms with Gasteiger partial charge in [-0.3, -0.25) is 14.2 Å². The second-order valence-electron chi connectivity index (χ2n) is 7.05. The van der Waals surface area contributed by atoms with Crippen LogP contribution in [0.1, 0.15) is 33.2 Å². The van der Waals surface area contributed by atoms with Crippen LogP contribution in [0.4, 0.5) is 0 Å². The summed E-state index contributed by atoms with van der Waals surface area (Å²) in [6.07, 6.45) is 0.441. The van der Waals surface area contributed by atoms with Crippen LogP contribution in [0.3, 0.4) is 0 Å². The Morgan fingerprint density at radius 3 is 2.63 bits per heavy atom. The number of nitrogens with zero attached hydrogens (tertiary/aromatic N) is 2. The number of hydrogen-bond acceptors (Lipinski definition) is 6. The zero-order chi connectivity index (χ0) is 19.8. The van der Waals surface area contributed by atoms with Crippen LogP contribution in [0.2, 0.25) is 0 Å². The maximum absolute atomic E-state index is 12.8. The number of carbonyl (C=O) groups is 1. The zero-order valence-electron chi connectivity index (χ0n) is 15.5. The molecule has 146 valence electrons. The van der Waals surface area contributed by atoms with E-state index >= 15 is 0 Å². The summed E-state index contributed by atoms with van der Waals surface area (Å²) in [6, 6.07) is 6.69. The second kappa shape index (κ2) is 7.63. The van der Waals surface area contributed by atoms with Crippen molar-refractivity contribution in [3.05, 3.63) is 34.6 Å². The third-order valence-electron chi connectivity index (χ3n) is 4.52. The molecule has 1 aromatic heterocycles. The van der Waals surface area contributed by atoms with Crippen LogP contribution in [0, 0.1) is 0 Å². The third-order valence-corrected chi connectivity index (χ3v) is 7.36. The van der Waals surface area contributed by atoms with E-state index in [1.807, 2.05) is 19.9 Å². The van der Waals surface area contributed by atoms with Crippen molar-refractivity contribution in [2.45, 2.75) is 49.7 Å². The van der Waals surface area contributed by atoms with E-state index in [2.05, 4.69) is 10.3 Å². The summed E-state index contributed by atoms with van der Waals surface area (Å²) in [6.45, 7) is 5.53. The Labute approximate surface area is 162 Å². The van der Waals surface area contributed by atoms with Gasteiger partial charge in [0, 0.05) is 12.1 Å². The van der Waals surface area contributed by atoms with Gasteiger partial charge in [0.15, 0.2) is 15.0 Å². The molecular formula is C18H23N3O4S2. The van der Waals surface area contributed by atoms with Crippen LogP contribution < -0.4 is 10.9 Å². The first kappa shape index (κ1) is 19.9. The highest BCUT2D eigenvalue weighted by Crippen LogP contribution is 2.25. The molecule has 1 saturated heterocycles. The first-order valence-corrected chi connectivity index (χ1v) is 11.6. The number of fused-ring (bicyclic) bond motifs is 1. The Morgan fingerprint density at radius 1 is 1.30 bits per heavy atom. The number of amides is 1. The smallest absolute Gasteiger partial charge is 0.262 e. The number of hydrogen-bond donors (Lipinski definition) is 1. The van der Waals surface area contributed by atoms with Gasteiger partial charge in [-0.25, -0.2) is 13.4 Å². The molecule has 1 aliphatic rings. The van der Waals surface area contributed by atoms with Gasteiger partial charge in [-0.15, -0.1) is 0 Å². The fraction of sp³-hybridized carbons (Fsp3) is 0.500. The number of thioether (sulfide) groups is 1. The molecule has 3 rings (SSSR count). The molecule has 0 unspecified atom stereocenters. The van der Waals surface area contributed by atoms with Crippen LogP contribution in [-0.2, 0) is 14.6 Å². The number of nitrogens with one attached hydrogen (secondary N) is 1. The predicted molar refractivity (Wildman–Crippen MR) is 107 cm³/mol. The SMILES string of the molecule is CC(C)n1c(S[C@H](C)C(=O)N[C@@H]2CCS(=O)(=O)C2)nc2ccccc2c1=O. The van der Waals surface area contributed by atoms with Crippen LogP contribution >= 0.6 is 11.8 Å². The van der Waals surface area contributed by atoms with Crippen LogP contribution in [0.25, 0.3) is 10.9 Å². The molecule has 0 aliphatic carbocycles. The van der Waals surface area contributed by atoms with Crippen molar-refractivity contribution in [2.75, 3.05) is 11.5 Å². The van der Waals surface area contributed by atoms with E-state index in [-0.39, 0.29) is 35.1 Å². The lowest BCUT2D eigenvalue weighted by Crippen LogP contribution is -2.40. The Bertz CT molecular complexity index is 1030. The molecule has 9 heteroatoms. The summed E-state index contributed by atoms with van der Waals surface area (Å²) in [5, 5.41) is 3.32. The molecule has 0 bridgehead atoms. The Balaban J connectivity index is 1.84. The van der Waals surface area contributed by atoms with E-state index in [9.17, 15) is 18.0 Å². The highest BCUT2D eigenvalue weighted by molar-refractivity contribution is 8.00. The van der Waals surface area contributed by atoms with E-state index in [1.165, 1.54) is 11.8 Å². The van der Waals surface area contributed by atoms with Gasteiger partial charge in [0.1, 0.15) is 0 Å². The Morgan fingerprint density at radius 2 is 2.00 bits per heavy atom. The molecule has 0 saturated carbocycles. The second-order valence-corrected chi connectivity index (χ2v) is 10.6. The van der Waals surface area contributed by atoms with Gasteiger partial charge in [0.05, 0.1) is 27.7 Å². The molecule has 27 heavy (non-hydrogen) atoms. The highest BCUT2D eigenvalue weighted by Gasteiger charge is 2.30.